The highest BCUT2D eigenvalue weighted by Gasteiger charge is 2.13. The van der Waals surface area contributed by atoms with Gasteiger partial charge in [0.2, 0.25) is 5.91 Å². The van der Waals surface area contributed by atoms with Gasteiger partial charge in [-0.05, 0) is 35.9 Å². The second-order valence-electron chi connectivity index (χ2n) is 8.02. The molecule has 0 aliphatic rings. The molecule has 2 heterocycles. The Morgan fingerprint density at radius 2 is 1.88 bits per heavy atom. The molecule has 170 valence electrons. The first kappa shape index (κ1) is 21.5. The zero-order valence-electron chi connectivity index (χ0n) is 19.1. The molecule has 0 spiro atoms. The summed E-state index contributed by atoms with van der Waals surface area (Å²) in [4.78, 5) is 20.8. The number of hydrogen-bond acceptors (Lipinski definition) is 5. The number of aromatic nitrogens is 3. The van der Waals surface area contributed by atoms with Crippen molar-refractivity contribution in [1.29, 1.82) is 0 Å². The van der Waals surface area contributed by atoms with E-state index in [1.807, 2.05) is 25.1 Å². The summed E-state index contributed by atoms with van der Waals surface area (Å²) in [6, 6.07) is 22.4. The number of ether oxygens (including phenoxy) is 1. The van der Waals surface area contributed by atoms with Crippen LogP contribution in [0.1, 0.15) is 18.9 Å². The number of hydrogen-bond donors (Lipinski definition) is 2. The maximum Gasteiger partial charge on any atom is 0.224 e. The van der Waals surface area contributed by atoms with Gasteiger partial charge >= 0.3 is 0 Å². The van der Waals surface area contributed by atoms with Crippen molar-refractivity contribution < 1.29 is 9.53 Å². The van der Waals surface area contributed by atoms with Crippen LogP contribution in [0.25, 0.3) is 21.8 Å². The van der Waals surface area contributed by atoms with E-state index >= 15 is 0 Å². The highest BCUT2D eigenvalue weighted by Crippen LogP contribution is 2.33. The minimum Gasteiger partial charge on any atom is -0.494 e. The Bertz CT molecular complexity index is 1480. The molecule has 0 atom stereocenters. The third-order valence-corrected chi connectivity index (χ3v) is 5.78. The van der Waals surface area contributed by atoms with Crippen molar-refractivity contribution in [3.8, 4) is 5.75 Å². The van der Waals surface area contributed by atoms with Crippen LogP contribution in [0.5, 0.6) is 5.75 Å². The van der Waals surface area contributed by atoms with Crippen LogP contribution < -0.4 is 15.4 Å². The number of methoxy groups -OCH3 is 1. The Morgan fingerprint density at radius 3 is 2.68 bits per heavy atom. The molecule has 5 rings (SSSR count). The van der Waals surface area contributed by atoms with Gasteiger partial charge in [0.1, 0.15) is 17.9 Å². The summed E-state index contributed by atoms with van der Waals surface area (Å²) >= 11 is 0. The van der Waals surface area contributed by atoms with Gasteiger partial charge in [-0.3, -0.25) is 4.79 Å². The van der Waals surface area contributed by atoms with Crippen LogP contribution in [-0.2, 0) is 11.3 Å². The van der Waals surface area contributed by atoms with Crippen molar-refractivity contribution in [3.63, 3.8) is 0 Å². The van der Waals surface area contributed by atoms with Crippen molar-refractivity contribution in [1.82, 2.24) is 14.5 Å². The first-order valence-corrected chi connectivity index (χ1v) is 11.2. The van der Waals surface area contributed by atoms with Crippen LogP contribution in [0.3, 0.4) is 0 Å². The number of anilines is 3. The summed E-state index contributed by atoms with van der Waals surface area (Å²) < 4.78 is 7.69. The molecule has 1 amide bonds. The minimum atomic E-state index is -0.0884. The van der Waals surface area contributed by atoms with Gasteiger partial charge in [0.15, 0.2) is 0 Å². The lowest BCUT2D eigenvalue weighted by Gasteiger charge is -2.14. The summed E-state index contributed by atoms with van der Waals surface area (Å²) in [6.07, 6.45) is 4.00. The molecule has 0 bridgehead atoms. The molecule has 7 heteroatoms. The van der Waals surface area contributed by atoms with Gasteiger partial charge in [-0.2, -0.15) is 0 Å². The predicted molar refractivity (Wildman–Crippen MR) is 136 cm³/mol. The molecule has 0 unspecified atom stereocenters. The Hall–Kier alpha value is -4.39. The monoisotopic (exact) mass is 451 g/mol. The smallest absolute Gasteiger partial charge is 0.224 e. The molecule has 0 saturated carbocycles. The van der Waals surface area contributed by atoms with E-state index < -0.39 is 0 Å². The van der Waals surface area contributed by atoms with Gasteiger partial charge in [0.05, 0.1) is 18.3 Å². The lowest BCUT2D eigenvalue weighted by Crippen LogP contribution is -2.10. The molecule has 34 heavy (non-hydrogen) atoms. The highest BCUT2D eigenvalue weighted by molar-refractivity contribution is 5.99. The zero-order valence-corrected chi connectivity index (χ0v) is 19.1. The Labute approximate surface area is 197 Å². The van der Waals surface area contributed by atoms with Crippen LogP contribution in [0.4, 0.5) is 17.2 Å². The molecule has 2 N–H and O–H groups in total. The number of nitrogens with zero attached hydrogens (tertiary/aromatic N) is 3. The second-order valence-corrected chi connectivity index (χ2v) is 8.02. The van der Waals surface area contributed by atoms with Gasteiger partial charge in [0.25, 0.3) is 0 Å². The Morgan fingerprint density at radius 1 is 1.03 bits per heavy atom. The van der Waals surface area contributed by atoms with Crippen molar-refractivity contribution in [3.05, 3.63) is 84.8 Å². The van der Waals surface area contributed by atoms with Crippen LogP contribution in [-0.4, -0.2) is 27.6 Å². The van der Waals surface area contributed by atoms with Gasteiger partial charge < -0.3 is 19.9 Å². The van der Waals surface area contributed by atoms with Crippen molar-refractivity contribution >= 4 is 44.9 Å². The van der Waals surface area contributed by atoms with Gasteiger partial charge in [-0.15, -0.1) is 0 Å². The van der Waals surface area contributed by atoms with Crippen LogP contribution >= 0.6 is 0 Å². The number of amides is 1. The van der Waals surface area contributed by atoms with Crippen molar-refractivity contribution in [2.45, 2.75) is 19.9 Å². The summed E-state index contributed by atoms with van der Waals surface area (Å²) in [5.41, 5.74) is 4.65. The summed E-state index contributed by atoms with van der Waals surface area (Å²) in [5, 5.41) is 8.23. The van der Waals surface area contributed by atoms with E-state index in [0.717, 1.165) is 34.0 Å². The number of rotatable bonds is 7. The standard InChI is InChI=1S/C27H25N5O2/c1-3-26(33)31-23-14-21-22(15-25(23)34-2)28-17-29-27(21)30-20-9-10-24-19(13-20)11-12-32(24)16-18-7-5-4-6-8-18/h4-15,17H,3,16H2,1-2H3,(H,31,33)(H,28,29,30). The van der Waals surface area contributed by atoms with Gasteiger partial charge in [0, 0.05) is 47.2 Å². The summed E-state index contributed by atoms with van der Waals surface area (Å²) in [7, 11) is 1.57. The average Bonchev–Trinajstić information content (AvgIpc) is 3.26. The number of fused-ring (bicyclic) bond motifs is 2. The molecule has 0 aliphatic carbocycles. The lowest BCUT2D eigenvalue weighted by molar-refractivity contribution is -0.115. The Balaban J connectivity index is 1.47. The molecule has 0 saturated heterocycles. The van der Waals surface area contributed by atoms with Crippen LogP contribution in [0.15, 0.2) is 79.3 Å². The zero-order chi connectivity index (χ0) is 23.5. The molecule has 7 nitrogen and oxygen atoms in total. The average molecular weight is 452 g/mol. The number of carbonyl (C=O) groups excluding carboxylic acids is 1. The number of nitrogens with one attached hydrogen (secondary N) is 2. The van der Waals surface area contributed by atoms with Gasteiger partial charge in [-0.25, -0.2) is 9.97 Å². The number of benzene rings is 3. The molecule has 5 aromatic rings. The highest BCUT2D eigenvalue weighted by atomic mass is 16.5. The fourth-order valence-corrected chi connectivity index (χ4v) is 4.02. The number of carbonyl (C=O) groups is 1. The van der Waals surface area contributed by atoms with E-state index in [2.05, 4.69) is 73.8 Å². The fourth-order valence-electron chi connectivity index (χ4n) is 4.02. The third-order valence-electron chi connectivity index (χ3n) is 5.78. The maximum atomic E-state index is 12.0. The van der Waals surface area contributed by atoms with E-state index in [0.29, 0.717) is 23.7 Å². The first-order valence-electron chi connectivity index (χ1n) is 11.2. The van der Waals surface area contributed by atoms with E-state index in [4.69, 9.17) is 4.74 Å². The molecule has 0 radical (unpaired) electrons. The van der Waals surface area contributed by atoms with E-state index in [1.54, 1.807) is 13.2 Å². The predicted octanol–water partition coefficient (Wildman–Crippen LogP) is 5.73. The molecular weight excluding hydrogens is 426 g/mol. The topological polar surface area (TPSA) is 81.1 Å². The lowest BCUT2D eigenvalue weighted by atomic mass is 10.1. The normalized spacial score (nSPS) is 11.0. The molecular formula is C27H25N5O2. The van der Waals surface area contributed by atoms with Crippen molar-refractivity contribution in [2.75, 3.05) is 17.7 Å². The largest absolute Gasteiger partial charge is 0.494 e. The second kappa shape index (κ2) is 9.23. The van der Waals surface area contributed by atoms with Crippen LogP contribution in [0, 0.1) is 0 Å². The summed E-state index contributed by atoms with van der Waals surface area (Å²) in [6.45, 7) is 2.63. The third kappa shape index (κ3) is 4.28. The van der Waals surface area contributed by atoms with E-state index in [9.17, 15) is 4.79 Å². The van der Waals surface area contributed by atoms with Gasteiger partial charge in [-0.1, -0.05) is 37.3 Å². The first-order chi connectivity index (χ1) is 16.6. The SMILES string of the molecule is CCC(=O)Nc1cc2c(Nc3ccc4c(ccn4Cc4ccccc4)c3)ncnc2cc1OC. The molecule has 3 aromatic carbocycles. The molecule has 0 fully saturated rings. The summed E-state index contributed by atoms with van der Waals surface area (Å²) in [5.74, 6) is 1.12. The Kier molecular flexibility index (Phi) is 5.82. The molecule has 2 aromatic heterocycles. The van der Waals surface area contributed by atoms with Crippen LogP contribution in [0.2, 0.25) is 0 Å². The van der Waals surface area contributed by atoms with Crippen molar-refractivity contribution in [2.24, 2.45) is 0 Å². The quantitative estimate of drug-likeness (QED) is 0.330. The fraction of sp³-hybridized carbons (Fsp3) is 0.148. The minimum absolute atomic E-state index is 0.0884. The maximum absolute atomic E-state index is 12.0. The van der Waals surface area contributed by atoms with E-state index in [-0.39, 0.29) is 5.91 Å². The molecule has 0 aliphatic heterocycles. The van der Waals surface area contributed by atoms with E-state index in [1.165, 1.54) is 11.9 Å².